The number of para-hydroxylation sites is 2. The van der Waals surface area contributed by atoms with Gasteiger partial charge in [-0.2, -0.15) is 5.10 Å². The molecule has 3 aromatic rings. The first-order valence-corrected chi connectivity index (χ1v) is 8.32. The standard InChI is InChI=1S/C17H20N6O/c1-2-16-20-14-5-3-4-6-15(14)22(16)10-17(24)21-8-7-13(9-21)23-12-18-11-19-23/h3-6,11-13H,2,7-10H2,1H3. The molecule has 2 aromatic heterocycles. The largest absolute Gasteiger partial charge is 0.339 e. The van der Waals surface area contributed by atoms with Gasteiger partial charge < -0.3 is 9.47 Å². The average molecular weight is 324 g/mol. The van der Waals surface area contributed by atoms with E-state index in [2.05, 4.69) is 22.0 Å². The van der Waals surface area contributed by atoms with Crippen molar-refractivity contribution in [2.24, 2.45) is 0 Å². The van der Waals surface area contributed by atoms with E-state index in [0.717, 1.165) is 36.2 Å². The number of hydrogen-bond donors (Lipinski definition) is 0. The quantitative estimate of drug-likeness (QED) is 0.732. The van der Waals surface area contributed by atoms with Crippen molar-refractivity contribution >= 4 is 16.9 Å². The van der Waals surface area contributed by atoms with Gasteiger partial charge in [0, 0.05) is 19.5 Å². The maximum Gasteiger partial charge on any atom is 0.242 e. The van der Waals surface area contributed by atoms with Crippen molar-refractivity contribution < 1.29 is 4.79 Å². The van der Waals surface area contributed by atoms with Crippen molar-refractivity contribution in [2.45, 2.75) is 32.4 Å². The topological polar surface area (TPSA) is 68.8 Å². The number of aryl methyl sites for hydroxylation is 1. The number of amides is 1. The Bertz CT molecular complexity index is 853. The molecule has 3 heterocycles. The number of imidazole rings is 1. The van der Waals surface area contributed by atoms with Crippen LogP contribution in [-0.4, -0.2) is 48.2 Å². The number of aromatic nitrogens is 5. The number of hydrogen-bond acceptors (Lipinski definition) is 4. The summed E-state index contributed by atoms with van der Waals surface area (Å²) in [4.78, 5) is 23.3. The molecule has 1 unspecified atom stereocenters. The highest BCUT2D eigenvalue weighted by molar-refractivity contribution is 5.81. The Balaban J connectivity index is 1.53. The van der Waals surface area contributed by atoms with E-state index < -0.39 is 0 Å². The zero-order chi connectivity index (χ0) is 16.5. The molecular formula is C17H20N6O. The highest BCUT2D eigenvalue weighted by Gasteiger charge is 2.28. The van der Waals surface area contributed by atoms with Gasteiger partial charge in [-0.05, 0) is 18.6 Å². The predicted molar refractivity (Wildman–Crippen MR) is 89.4 cm³/mol. The molecule has 0 aliphatic carbocycles. The zero-order valence-corrected chi connectivity index (χ0v) is 13.7. The fourth-order valence-corrected chi connectivity index (χ4v) is 3.40. The molecule has 0 bridgehead atoms. The number of carbonyl (C=O) groups is 1. The average Bonchev–Trinajstić information content (AvgIpc) is 3.34. The number of nitrogens with zero attached hydrogens (tertiary/aromatic N) is 6. The summed E-state index contributed by atoms with van der Waals surface area (Å²) in [7, 11) is 0. The second kappa shape index (κ2) is 6.07. The molecule has 1 aliphatic rings. The van der Waals surface area contributed by atoms with Crippen LogP contribution in [0.5, 0.6) is 0 Å². The summed E-state index contributed by atoms with van der Waals surface area (Å²) in [6.07, 6.45) is 4.98. The summed E-state index contributed by atoms with van der Waals surface area (Å²) < 4.78 is 3.89. The molecule has 1 aliphatic heterocycles. The summed E-state index contributed by atoms with van der Waals surface area (Å²) in [6, 6.07) is 8.20. The van der Waals surface area contributed by atoms with E-state index >= 15 is 0 Å². The molecule has 0 N–H and O–H groups in total. The van der Waals surface area contributed by atoms with Crippen LogP contribution >= 0.6 is 0 Å². The lowest BCUT2D eigenvalue weighted by molar-refractivity contribution is -0.130. The van der Waals surface area contributed by atoms with E-state index in [9.17, 15) is 4.79 Å². The van der Waals surface area contributed by atoms with Crippen LogP contribution in [0.1, 0.15) is 25.2 Å². The van der Waals surface area contributed by atoms with Crippen molar-refractivity contribution in [3.8, 4) is 0 Å². The van der Waals surface area contributed by atoms with Gasteiger partial charge in [-0.3, -0.25) is 4.79 Å². The van der Waals surface area contributed by atoms with Crippen molar-refractivity contribution in [1.82, 2.24) is 29.2 Å². The van der Waals surface area contributed by atoms with E-state index in [0.29, 0.717) is 13.1 Å². The molecule has 0 spiro atoms. The Morgan fingerprint density at radius 1 is 1.33 bits per heavy atom. The fourth-order valence-electron chi connectivity index (χ4n) is 3.40. The van der Waals surface area contributed by atoms with Gasteiger partial charge >= 0.3 is 0 Å². The maximum atomic E-state index is 12.8. The van der Waals surface area contributed by atoms with Crippen LogP contribution in [0.3, 0.4) is 0 Å². The van der Waals surface area contributed by atoms with E-state index in [1.807, 2.05) is 38.4 Å². The Kier molecular flexibility index (Phi) is 3.76. The van der Waals surface area contributed by atoms with Gasteiger partial charge in [0.05, 0.1) is 17.1 Å². The molecule has 7 heteroatoms. The molecule has 124 valence electrons. The minimum Gasteiger partial charge on any atom is -0.339 e. The number of benzene rings is 1. The first-order chi connectivity index (χ1) is 11.8. The lowest BCUT2D eigenvalue weighted by Gasteiger charge is -2.18. The Labute approximate surface area is 139 Å². The Morgan fingerprint density at radius 2 is 2.21 bits per heavy atom. The van der Waals surface area contributed by atoms with E-state index in [1.165, 1.54) is 6.33 Å². The predicted octanol–water partition coefficient (Wildman–Crippen LogP) is 1.66. The second-order valence-electron chi connectivity index (χ2n) is 6.11. The number of rotatable bonds is 4. The number of carbonyl (C=O) groups excluding carboxylic acids is 1. The lowest BCUT2D eigenvalue weighted by Crippen LogP contribution is -2.32. The molecular weight excluding hydrogens is 304 g/mol. The third-order valence-electron chi connectivity index (χ3n) is 4.67. The first-order valence-electron chi connectivity index (χ1n) is 8.32. The van der Waals surface area contributed by atoms with Gasteiger partial charge in [-0.25, -0.2) is 14.6 Å². The molecule has 1 atom stereocenters. The Morgan fingerprint density at radius 3 is 3.00 bits per heavy atom. The van der Waals surface area contributed by atoms with Crippen LogP contribution in [0.4, 0.5) is 0 Å². The molecule has 0 saturated carbocycles. The SMILES string of the molecule is CCc1nc2ccccc2n1CC(=O)N1CCC(n2cncn2)C1. The van der Waals surface area contributed by atoms with Crippen LogP contribution < -0.4 is 0 Å². The van der Waals surface area contributed by atoms with Crippen LogP contribution in [0, 0.1) is 0 Å². The maximum absolute atomic E-state index is 12.8. The van der Waals surface area contributed by atoms with Crippen LogP contribution in [0.2, 0.25) is 0 Å². The van der Waals surface area contributed by atoms with Gasteiger partial charge in [0.15, 0.2) is 0 Å². The highest BCUT2D eigenvalue weighted by atomic mass is 16.2. The summed E-state index contributed by atoms with van der Waals surface area (Å²) in [6.45, 7) is 3.86. The molecule has 1 aromatic carbocycles. The molecule has 24 heavy (non-hydrogen) atoms. The summed E-state index contributed by atoms with van der Waals surface area (Å²) >= 11 is 0. The minimum absolute atomic E-state index is 0.135. The number of fused-ring (bicyclic) bond motifs is 1. The van der Waals surface area contributed by atoms with Crippen LogP contribution in [0.15, 0.2) is 36.9 Å². The molecule has 1 saturated heterocycles. The van der Waals surface area contributed by atoms with Crippen LogP contribution in [-0.2, 0) is 17.8 Å². The molecule has 4 rings (SSSR count). The van der Waals surface area contributed by atoms with Gasteiger partial charge in [0.25, 0.3) is 0 Å². The lowest BCUT2D eigenvalue weighted by atomic mass is 10.3. The second-order valence-corrected chi connectivity index (χ2v) is 6.11. The highest BCUT2D eigenvalue weighted by Crippen LogP contribution is 2.22. The van der Waals surface area contributed by atoms with Crippen molar-refractivity contribution in [3.63, 3.8) is 0 Å². The van der Waals surface area contributed by atoms with E-state index in [4.69, 9.17) is 0 Å². The normalized spacial score (nSPS) is 17.7. The van der Waals surface area contributed by atoms with Crippen molar-refractivity contribution in [3.05, 3.63) is 42.7 Å². The van der Waals surface area contributed by atoms with E-state index in [-0.39, 0.29) is 11.9 Å². The molecule has 1 amide bonds. The van der Waals surface area contributed by atoms with Crippen molar-refractivity contribution in [1.29, 1.82) is 0 Å². The van der Waals surface area contributed by atoms with Gasteiger partial charge in [0.2, 0.25) is 5.91 Å². The smallest absolute Gasteiger partial charge is 0.242 e. The van der Waals surface area contributed by atoms with Gasteiger partial charge in [0.1, 0.15) is 25.0 Å². The zero-order valence-electron chi connectivity index (χ0n) is 13.7. The number of likely N-dealkylation sites (tertiary alicyclic amines) is 1. The van der Waals surface area contributed by atoms with Crippen molar-refractivity contribution in [2.75, 3.05) is 13.1 Å². The Hall–Kier alpha value is -2.70. The van der Waals surface area contributed by atoms with Gasteiger partial charge in [-0.15, -0.1) is 0 Å². The minimum atomic E-state index is 0.135. The monoisotopic (exact) mass is 324 g/mol. The summed E-state index contributed by atoms with van der Waals surface area (Å²) in [5.74, 6) is 1.09. The first kappa shape index (κ1) is 14.9. The van der Waals surface area contributed by atoms with Crippen LogP contribution in [0.25, 0.3) is 11.0 Å². The summed E-state index contributed by atoms with van der Waals surface area (Å²) in [5, 5.41) is 4.19. The van der Waals surface area contributed by atoms with E-state index in [1.54, 1.807) is 6.33 Å². The molecule has 0 radical (unpaired) electrons. The molecule has 7 nitrogen and oxygen atoms in total. The summed E-state index contributed by atoms with van der Waals surface area (Å²) in [5.41, 5.74) is 1.97. The third-order valence-corrected chi connectivity index (χ3v) is 4.67. The third kappa shape index (κ3) is 2.55. The molecule has 1 fully saturated rings. The van der Waals surface area contributed by atoms with Gasteiger partial charge in [-0.1, -0.05) is 19.1 Å². The fraction of sp³-hybridized carbons (Fsp3) is 0.412.